The lowest BCUT2D eigenvalue weighted by Crippen LogP contribution is -2.30. The number of halogens is 3. The van der Waals surface area contributed by atoms with Crippen LogP contribution in [0.1, 0.15) is 62.5 Å². The molecule has 0 aliphatic heterocycles. The van der Waals surface area contributed by atoms with Crippen molar-refractivity contribution < 1.29 is 22.4 Å². The Morgan fingerprint density at radius 3 is 2.04 bits per heavy atom. The molecule has 144 valence electrons. The summed E-state index contributed by atoms with van der Waals surface area (Å²) >= 11 is 1.09. The molecular weight excluding hydrogens is 365 g/mol. The first-order valence-electron chi connectivity index (χ1n) is 8.07. The molecule has 26 heavy (non-hydrogen) atoms. The Bertz CT molecular complexity index is 779. The summed E-state index contributed by atoms with van der Waals surface area (Å²) in [5.41, 5.74) is -1.61. The molecule has 0 amide bonds. The summed E-state index contributed by atoms with van der Waals surface area (Å²) in [6.07, 6.45) is -4.80. The van der Waals surface area contributed by atoms with E-state index in [4.69, 9.17) is 4.42 Å². The SMILES string of the molecule is CC(C)(C)Nc1oc(C(F)(F)F)c(C(=O)c2cccs2)c1NC(C)(C)C. The number of carbonyl (C=O) groups excluding carboxylic acids is 1. The van der Waals surface area contributed by atoms with Gasteiger partial charge in [0.2, 0.25) is 17.4 Å². The van der Waals surface area contributed by atoms with E-state index in [0.717, 1.165) is 11.3 Å². The van der Waals surface area contributed by atoms with Gasteiger partial charge in [-0.25, -0.2) is 0 Å². The number of anilines is 2. The smallest absolute Gasteiger partial charge is 0.433 e. The van der Waals surface area contributed by atoms with Crippen LogP contribution in [-0.4, -0.2) is 16.9 Å². The van der Waals surface area contributed by atoms with Crippen LogP contribution in [0.25, 0.3) is 0 Å². The Kier molecular flexibility index (Phi) is 5.20. The van der Waals surface area contributed by atoms with E-state index >= 15 is 0 Å². The number of alkyl halides is 3. The molecule has 2 heterocycles. The Morgan fingerprint density at radius 2 is 1.62 bits per heavy atom. The summed E-state index contributed by atoms with van der Waals surface area (Å²) in [5, 5.41) is 7.58. The third-order valence-corrected chi connectivity index (χ3v) is 3.99. The fraction of sp³-hybridized carbons (Fsp3) is 0.500. The number of ketones is 1. The maximum absolute atomic E-state index is 13.6. The third kappa shape index (κ3) is 4.81. The van der Waals surface area contributed by atoms with Crippen LogP contribution >= 0.6 is 11.3 Å². The number of hydrogen-bond donors (Lipinski definition) is 2. The molecule has 0 bridgehead atoms. The number of furan rings is 1. The van der Waals surface area contributed by atoms with E-state index < -0.39 is 34.4 Å². The maximum atomic E-state index is 13.6. The average Bonchev–Trinajstić information content (AvgIpc) is 3.03. The predicted molar refractivity (Wildman–Crippen MR) is 98.2 cm³/mol. The highest BCUT2D eigenvalue weighted by atomic mass is 32.1. The number of nitrogens with one attached hydrogen (secondary N) is 2. The molecule has 2 rings (SSSR count). The van der Waals surface area contributed by atoms with Crippen LogP contribution in [0.2, 0.25) is 0 Å². The van der Waals surface area contributed by atoms with Crippen LogP contribution in [0.5, 0.6) is 0 Å². The van der Waals surface area contributed by atoms with Crippen molar-refractivity contribution in [1.82, 2.24) is 0 Å². The molecule has 0 saturated carbocycles. The molecule has 8 heteroatoms. The summed E-state index contributed by atoms with van der Waals surface area (Å²) in [6.45, 7) is 10.8. The van der Waals surface area contributed by atoms with Crippen LogP contribution in [-0.2, 0) is 6.18 Å². The van der Waals surface area contributed by atoms with Gasteiger partial charge in [0.25, 0.3) is 0 Å². The van der Waals surface area contributed by atoms with Crippen molar-refractivity contribution in [3.8, 4) is 0 Å². The van der Waals surface area contributed by atoms with Gasteiger partial charge in [0.15, 0.2) is 0 Å². The van der Waals surface area contributed by atoms with Crippen molar-refractivity contribution in [3.05, 3.63) is 33.7 Å². The highest BCUT2D eigenvalue weighted by Gasteiger charge is 2.44. The number of thiophene rings is 1. The molecule has 2 aromatic rings. The lowest BCUT2D eigenvalue weighted by Gasteiger charge is -2.25. The van der Waals surface area contributed by atoms with Crippen molar-refractivity contribution in [2.75, 3.05) is 10.6 Å². The average molecular weight is 388 g/mol. The second-order valence-electron chi connectivity index (χ2n) is 8.06. The molecule has 0 aliphatic rings. The Balaban J connectivity index is 2.73. The molecule has 2 N–H and O–H groups in total. The quantitative estimate of drug-likeness (QED) is 0.630. The van der Waals surface area contributed by atoms with E-state index in [0.29, 0.717) is 0 Å². The number of hydrogen-bond acceptors (Lipinski definition) is 5. The first-order valence-corrected chi connectivity index (χ1v) is 8.95. The van der Waals surface area contributed by atoms with E-state index in [1.807, 2.05) is 0 Å². The molecule has 0 saturated heterocycles. The van der Waals surface area contributed by atoms with Gasteiger partial charge in [0.05, 0.1) is 10.4 Å². The second-order valence-corrected chi connectivity index (χ2v) is 9.01. The molecule has 0 atom stereocenters. The minimum Gasteiger partial charge on any atom is -0.433 e. The van der Waals surface area contributed by atoms with Gasteiger partial charge in [-0.1, -0.05) is 6.07 Å². The van der Waals surface area contributed by atoms with Crippen molar-refractivity contribution in [2.24, 2.45) is 0 Å². The van der Waals surface area contributed by atoms with Crippen LogP contribution in [0.15, 0.2) is 21.9 Å². The summed E-state index contributed by atoms with van der Waals surface area (Å²) in [4.78, 5) is 13.1. The fourth-order valence-corrected chi connectivity index (χ4v) is 2.97. The van der Waals surface area contributed by atoms with Gasteiger partial charge in [-0.3, -0.25) is 4.79 Å². The zero-order valence-corrected chi connectivity index (χ0v) is 16.4. The molecule has 0 fully saturated rings. The van der Waals surface area contributed by atoms with Crippen molar-refractivity contribution in [2.45, 2.75) is 58.8 Å². The molecule has 0 spiro atoms. The van der Waals surface area contributed by atoms with Gasteiger partial charge in [0.1, 0.15) is 5.69 Å². The van der Waals surface area contributed by atoms with Crippen LogP contribution < -0.4 is 10.6 Å². The highest BCUT2D eigenvalue weighted by Crippen LogP contribution is 2.44. The summed E-state index contributed by atoms with van der Waals surface area (Å²) in [6, 6.07) is 3.12. The lowest BCUT2D eigenvalue weighted by molar-refractivity contribution is -0.152. The van der Waals surface area contributed by atoms with E-state index in [9.17, 15) is 18.0 Å². The number of carbonyl (C=O) groups is 1. The van der Waals surface area contributed by atoms with Gasteiger partial charge < -0.3 is 15.1 Å². The molecule has 0 aromatic carbocycles. The van der Waals surface area contributed by atoms with Crippen LogP contribution in [0.4, 0.5) is 24.7 Å². The monoisotopic (exact) mass is 388 g/mol. The van der Waals surface area contributed by atoms with Gasteiger partial charge >= 0.3 is 6.18 Å². The number of rotatable bonds is 4. The predicted octanol–water partition coefficient (Wildman–Crippen LogP) is 6.01. The Hall–Kier alpha value is -1.96. The second kappa shape index (κ2) is 6.64. The summed E-state index contributed by atoms with van der Waals surface area (Å²) in [5.74, 6) is -2.11. The van der Waals surface area contributed by atoms with Gasteiger partial charge in [0, 0.05) is 11.1 Å². The first-order chi connectivity index (χ1) is 11.7. The molecule has 0 radical (unpaired) electrons. The highest BCUT2D eigenvalue weighted by molar-refractivity contribution is 7.12. The summed E-state index contributed by atoms with van der Waals surface area (Å²) < 4.78 is 46.0. The van der Waals surface area contributed by atoms with Gasteiger partial charge in [-0.2, -0.15) is 13.2 Å². The van der Waals surface area contributed by atoms with Crippen molar-refractivity contribution in [1.29, 1.82) is 0 Å². The third-order valence-electron chi connectivity index (χ3n) is 3.13. The lowest BCUT2D eigenvalue weighted by atomic mass is 10.0. The van der Waals surface area contributed by atoms with E-state index in [2.05, 4.69) is 10.6 Å². The largest absolute Gasteiger partial charge is 0.450 e. The maximum Gasteiger partial charge on any atom is 0.450 e. The zero-order valence-electron chi connectivity index (χ0n) is 15.6. The van der Waals surface area contributed by atoms with E-state index in [1.165, 1.54) is 6.07 Å². The van der Waals surface area contributed by atoms with Crippen LogP contribution in [0.3, 0.4) is 0 Å². The summed E-state index contributed by atoms with van der Waals surface area (Å²) in [7, 11) is 0. The Labute approximate surface area is 154 Å². The van der Waals surface area contributed by atoms with E-state index in [1.54, 1.807) is 53.0 Å². The van der Waals surface area contributed by atoms with Gasteiger partial charge in [-0.05, 0) is 53.0 Å². The topological polar surface area (TPSA) is 54.3 Å². The minimum absolute atomic E-state index is 0.0261. The van der Waals surface area contributed by atoms with Crippen LogP contribution in [0, 0.1) is 0 Å². The molecule has 4 nitrogen and oxygen atoms in total. The molecule has 0 aliphatic carbocycles. The standard InChI is InChI=1S/C18H23F3N2O2S/c1-16(2,3)22-12-11(13(24)10-8-7-9-26-10)14(18(19,20)21)25-15(12)23-17(4,5)6/h7-9,22-23H,1-6H3. The van der Waals surface area contributed by atoms with Gasteiger partial charge in [-0.15, -0.1) is 11.3 Å². The van der Waals surface area contributed by atoms with E-state index in [-0.39, 0.29) is 16.4 Å². The molecular formula is C18H23F3N2O2S. The Morgan fingerprint density at radius 1 is 1.04 bits per heavy atom. The first kappa shape index (κ1) is 20.4. The zero-order chi connectivity index (χ0) is 19.9. The normalized spacial score (nSPS) is 13.0. The fourth-order valence-electron chi connectivity index (χ4n) is 2.30. The van der Waals surface area contributed by atoms with Crippen molar-refractivity contribution in [3.63, 3.8) is 0 Å². The van der Waals surface area contributed by atoms with Crippen molar-refractivity contribution >= 4 is 28.7 Å². The molecule has 0 unspecified atom stereocenters. The minimum atomic E-state index is -4.80. The molecule has 2 aromatic heterocycles.